The number of aliphatic hydroxyl groups excluding tert-OH is 2. The highest BCUT2D eigenvalue weighted by atomic mass is 16.4. The highest BCUT2D eigenvalue weighted by molar-refractivity contribution is 5.72. The van der Waals surface area contributed by atoms with Gasteiger partial charge in [0.1, 0.15) is 0 Å². The fourth-order valence-corrected chi connectivity index (χ4v) is 2.37. The molecular formula is C16H30O6. The second-order valence-electron chi connectivity index (χ2n) is 5.82. The summed E-state index contributed by atoms with van der Waals surface area (Å²) in [5.41, 5.74) is 0. The summed E-state index contributed by atoms with van der Waals surface area (Å²) in [6, 6.07) is 0. The number of carbonyl (C=O) groups is 2. The average molecular weight is 318 g/mol. The number of rotatable bonds is 15. The molecule has 0 spiro atoms. The Bertz CT molecular complexity index is 305. The second kappa shape index (κ2) is 13.5. The van der Waals surface area contributed by atoms with Crippen molar-refractivity contribution in [2.45, 2.75) is 89.3 Å². The van der Waals surface area contributed by atoms with Crippen LogP contribution in [0.3, 0.4) is 0 Å². The minimum absolute atomic E-state index is 0.266. The molecule has 22 heavy (non-hydrogen) atoms. The number of hydrogen-bond donors (Lipinski definition) is 4. The van der Waals surface area contributed by atoms with Gasteiger partial charge in [-0.3, -0.25) is 4.79 Å². The number of carboxylic acids is 2. The third-order valence-corrected chi connectivity index (χ3v) is 3.76. The zero-order valence-corrected chi connectivity index (χ0v) is 13.2. The van der Waals surface area contributed by atoms with E-state index in [4.69, 9.17) is 15.3 Å². The van der Waals surface area contributed by atoms with E-state index in [1.807, 2.05) is 0 Å². The van der Waals surface area contributed by atoms with Crippen molar-refractivity contribution in [2.24, 2.45) is 0 Å². The smallest absolute Gasteiger partial charge is 0.335 e. The monoisotopic (exact) mass is 318 g/mol. The number of unbranched alkanes of at least 4 members (excludes halogenated alkanes) is 9. The lowest BCUT2D eigenvalue weighted by Gasteiger charge is -2.13. The summed E-state index contributed by atoms with van der Waals surface area (Å²) in [5.74, 6) is -2.10. The molecule has 0 aliphatic carbocycles. The minimum Gasteiger partial charge on any atom is -0.481 e. The fourth-order valence-electron chi connectivity index (χ4n) is 2.37. The average Bonchev–Trinajstić information content (AvgIpc) is 2.46. The Morgan fingerprint density at radius 1 is 0.682 bits per heavy atom. The van der Waals surface area contributed by atoms with Gasteiger partial charge >= 0.3 is 11.9 Å². The van der Waals surface area contributed by atoms with Gasteiger partial charge < -0.3 is 20.4 Å². The van der Waals surface area contributed by atoms with Crippen molar-refractivity contribution in [3.63, 3.8) is 0 Å². The molecular weight excluding hydrogens is 288 g/mol. The first-order valence-electron chi connectivity index (χ1n) is 8.26. The van der Waals surface area contributed by atoms with Crippen LogP contribution in [0.2, 0.25) is 0 Å². The van der Waals surface area contributed by atoms with Crippen LogP contribution < -0.4 is 0 Å². The van der Waals surface area contributed by atoms with E-state index in [0.717, 1.165) is 64.2 Å². The van der Waals surface area contributed by atoms with E-state index >= 15 is 0 Å². The highest BCUT2D eigenvalue weighted by Gasteiger charge is 2.22. The van der Waals surface area contributed by atoms with Gasteiger partial charge in [0.25, 0.3) is 0 Å². The van der Waals surface area contributed by atoms with Crippen LogP contribution in [0, 0.1) is 0 Å². The maximum Gasteiger partial charge on any atom is 0.335 e. The molecule has 130 valence electrons. The van der Waals surface area contributed by atoms with Crippen LogP contribution in [0.5, 0.6) is 0 Å². The lowest BCUT2D eigenvalue weighted by Crippen LogP contribution is -2.33. The molecule has 0 bridgehead atoms. The van der Waals surface area contributed by atoms with E-state index in [1.165, 1.54) is 0 Å². The molecule has 0 aliphatic heterocycles. The molecule has 0 saturated carbocycles. The molecule has 0 radical (unpaired) electrons. The van der Waals surface area contributed by atoms with Crippen LogP contribution in [0.15, 0.2) is 0 Å². The van der Waals surface area contributed by atoms with Gasteiger partial charge in [0.15, 0.2) is 6.10 Å². The Kier molecular flexibility index (Phi) is 12.8. The zero-order chi connectivity index (χ0) is 16.8. The molecule has 6 nitrogen and oxygen atoms in total. The molecule has 2 unspecified atom stereocenters. The van der Waals surface area contributed by atoms with E-state index in [2.05, 4.69) is 0 Å². The Morgan fingerprint density at radius 3 is 1.50 bits per heavy atom. The molecule has 0 aromatic rings. The molecule has 0 saturated heterocycles. The van der Waals surface area contributed by atoms with E-state index in [1.54, 1.807) is 0 Å². The Balaban J connectivity index is 3.24. The van der Waals surface area contributed by atoms with Crippen molar-refractivity contribution in [3.8, 4) is 0 Å². The quantitative estimate of drug-likeness (QED) is 0.345. The maximum atomic E-state index is 10.4. The normalized spacial score (nSPS) is 13.7. The van der Waals surface area contributed by atoms with Crippen molar-refractivity contribution < 1.29 is 30.0 Å². The van der Waals surface area contributed by atoms with Gasteiger partial charge in [-0.25, -0.2) is 4.79 Å². The van der Waals surface area contributed by atoms with Crippen LogP contribution in [-0.4, -0.2) is 44.6 Å². The van der Waals surface area contributed by atoms with Crippen LogP contribution in [0.1, 0.15) is 77.0 Å². The molecule has 6 heteroatoms. The second-order valence-corrected chi connectivity index (χ2v) is 5.82. The van der Waals surface area contributed by atoms with Crippen LogP contribution in [-0.2, 0) is 9.59 Å². The van der Waals surface area contributed by atoms with Crippen LogP contribution in [0.25, 0.3) is 0 Å². The lowest BCUT2D eigenvalue weighted by atomic mass is 10.0. The standard InChI is InChI=1S/C16H30O6/c17-13(15(20)16(21)22)11-9-7-5-3-1-2-4-6-8-10-12-14(18)19/h13,15,17,20H,1-12H2,(H,18,19)(H,21,22). The summed E-state index contributed by atoms with van der Waals surface area (Å²) in [6.45, 7) is 0. The van der Waals surface area contributed by atoms with Gasteiger partial charge in [-0.2, -0.15) is 0 Å². The van der Waals surface area contributed by atoms with E-state index < -0.39 is 24.1 Å². The third-order valence-electron chi connectivity index (χ3n) is 3.76. The zero-order valence-electron chi connectivity index (χ0n) is 13.2. The predicted octanol–water partition coefficient (Wildman–Crippen LogP) is 2.56. The van der Waals surface area contributed by atoms with Gasteiger partial charge in [0, 0.05) is 6.42 Å². The summed E-state index contributed by atoms with van der Waals surface area (Å²) in [7, 11) is 0. The molecule has 0 aromatic heterocycles. The van der Waals surface area contributed by atoms with E-state index in [0.29, 0.717) is 6.42 Å². The number of hydrogen-bond acceptors (Lipinski definition) is 4. The molecule has 2 atom stereocenters. The Hall–Kier alpha value is -1.14. The summed E-state index contributed by atoms with van der Waals surface area (Å²) >= 11 is 0. The minimum atomic E-state index is -1.68. The molecule has 0 amide bonds. The first-order chi connectivity index (χ1) is 10.4. The van der Waals surface area contributed by atoms with Crippen molar-refractivity contribution in [1.82, 2.24) is 0 Å². The third kappa shape index (κ3) is 12.6. The van der Waals surface area contributed by atoms with Crippen LogP contribution in [0.4, 0.5) is 0 Å². The van der Waals surface area contributed by atoms with Crippen molar-refractivity contribution in [3.05, 3.63) is 0 Å². The van der Waals surface area contributed by atoms with Gasteiger partial charge in [-0.15, -0.1) is 0 Å². The number of aliphatic hydroxyl groups is 2. The SMILES string of the molecule is O=C(O)CCCCCCCCCCCCC(O)C(O)C(=O)O. The molecule has 0 aliphatic rings. The molecule has 0 aromatic carbocycles. The number of aliphatic carboxylic acids is 2. The topological polar surface area (TPSA) is 115 Å². The van der Waals surface area contributed by atoms with Crippen molar-refractivity contribution in [1.29, 1.82) is 0 Å². The highest BCUT2D eigenvalue weighted by Crippen LogP contribution is 2.13. The Morgan fingerprint density at radius 2 is 1.09 bits per heavy atom. The fraction of sp³-hybridized carbons (Fsp3) is 0.875. The van der Waals surface area contributed by atoms with Crippen LogP contribution >= 0.6 is 0 Å². The van der Waals surface area contributed by atoms with E-state index in [-0.39, 0.29) is 6.42 Å². The van der Waals surface area contributed by atoms with Gasteiger partial charge in [-0.05, 0) is 12.8 Å². The van der Waals surface area contributed by atoms with Gasteiger partial charge in [0.2, 0.25) is 0 Å². The molecule has 0 heterocycles. The summed E-state index contributed by atoms with van der Waals surface area (Å²) in [5, 5.41) is 35.5. The molecule has 4 N–H and O–H groups in total. The van der Waals surface area contributed by atoms with Crippen molar-refractivity contribution >= 4 is 11.9 Å². The number of carboxylic acid groups (broad SMARTS) is 2. The molecule has 0 rings (SSSR count). The maximum absolute atomic E-state index is 10.4. The molecule has 0 fully saturated rings. The first-order valence-corrected chi connectivity index (χ1v) is 8.26. The largest absolute Gasteiger partial charge is 0.481 e. The van der Waals surface area contributed by atoms with Gasteiger partial charge in [0.05, 0.1) is 6.10 Å². The lowest BCUT2D eigenvalue weighted by molar-refractivity contribution is -0.153. The van der Waals surface area contributed by atoms with Gasteiger partial charge in [-0.1, -0.05) is 57.8 Å². The summed E-state index contributed by atoms with van der Waals surface area (Å²) < 4.78 is 0. The summed E-state index contributed by atoms with van der Waals surface area (Å²) in [4.78, 5) is 20.7. The predicted molar refractivity (Wildman–Crippen MR) is 82.7 cm³/mol. The summed E-state index contributed by atoms with van der Waals surface area (Å²) in [6.07, 6.45) is 7.84. The Labute approximate surface area is 132 Å². The van der Waals surface area contributed by atoms with Crippen molar-refractivity contribution in [2.75, 3.05) is 0 Å². The first kappa shape index (κ1) is 20.9. The van der Waals surface area contributed by atoms with E-state index in [9.17, 15) is 14.7 Å².